The fourth-order valence-corrected chi connectivity index (χ4v) is 2.73. The first-order valence-electron chi connectivity index (χ1n) is 7.94. The van der Waals surface area contributed by atoms with Crippen LogP contribution < -0.4 is 15.4 Å². The van der Waals surface area contributed by atoms with Crippen LogP contribution in [0.25, 0.3) is 0 Å². The van der Waals surface area contributed by atoms with E-state index < -0.39 is 17.8 Å². The van der Waals surface area contributed by atoms with E-state index in [1.165, 1.54) is 12.1 Å². The molecule has 0 aliphatic carbocycles. The Bertz CT molecular complexity index is 964. The summed E-state index contributed by atoms with van der Waals surface area (Å²) in [5.41, 5.74) is -0.402. The van der Waals surface area contributed by atoms with E-state index in [2.05, 4.69) is 31.5 Å². The second-order valence-electron chi connectivity index (χ2n) is 5.58. The lowest BCUT2D eigenvalue weighted by molar-refractivity contribution is -0.138. The topological polar surface area (TPSA) is 63.2 Å². The number of hydrogen-bond acceptors (Lipinski definition) is 3. The van der Waals surface area contributed by atoms with Gasteiger partial charge in [0.05, 0.1) is 5.56 Å². The van der Waals surface area contributed by atoms with Gasteiger partial charge in [0.15, 0.2) is 0 Å². The number of nitrogens with zero attached hydrogens (tertiary/aromatic N) is 1. The molecule has 0 fully saturated rings. The fourth-order valence-electron chi connectivity index (χ4n) is 2.26. The lowest BCUT2D eigenvalue weighted by Crippen LogP contribution is -2.19. The zero-order valence-corrected chi connectivity index (χ0v) is 15.7. The van der Waals surface area contributed by atoms with Crippen molar-refractivity contribution in [3.05, 3.63) is 77.0 Å². The predicted molar refractivity (Wildman–Crippen MR) is 103 cm³/mol. The molecule has 0 bridgehead atoms. The van der Waals surface area contributed by atoms with E-state index >= 15 is 0 Å². The maximum atomic E-state index is 12.9. The normalized spacial score (nSPS) is 11.0. The van der Waals surface area contributed by atoms with Gasteiger partial charge in [-0.15, -0.1) is 0 Å². The third-order valence-electron chi connectivity index (χ3n) is 3.53. The Morgan fingerprint density at radius 3 is 2.11 bits per heavy atom. The van der Waals surface area contributed by atoms with Crippen LogP contribution in [0.4, 0.5) is 29.3 Å². The Balaban J connectivity index is 1.62. The third-order valence-corrected chi connectivity index (χ3v) is 4.22. The van der Waals surface area contributed by atoms with Gasteiger partial charge in [0.25, 0.3) is 0 Å². The average molecular weight is 452 g/mol. The van der Waals surface area contributed by atoms with Crippen LogP contribution in [0, 0.1) is 0 Å². The number of nitrogens with one attached hydrogen (secondary N) is 2. The molecule has 2 aromatic carbocycles. The monoisotopic (exact) mass is 451 g/mol. The largest absolute Gasteiger partial charge is 0.457 e. The van der Waals surface area contributed by atoms with E-state index in [0.29, 0.717) is 17.2 Å². The van der Waals surface area contributed by atoms with E-state index in [4.69, 9.17) is 4.74 Å². The predicted octanol–water partition coefficient (Wildman–Crippen LogP) is 6.30. The molecule has 2 amide bonds. The van der Waals surface area contributed by atoms with E-state index in [0.717, 1.165) is 6.07 Å². The van der Waals surface area contributed by atoms with Crippen LogP contribution in [0.2, 0.25) is 0 Å². The molecule has 1 aromatic heterocycles. The highest BCUT2D eigenvalue weighted by molar-refractivity contribution is 9.10. The number of urea groups is 1. The minimum Gasteiger partial charge on any atom is -0.457 e. The summed E-state index contributed by atoms with van der Waals surface area (Å²) in [4.78, 5) is 15.9. The average Bonchev–Trinajstić information content (AvgIpc) is 2.65. The molecule has 5 nitrogen and oxygen atoms in total. The maximum Gasteiger partial charge on any atom is 0.417 e. The second kappa shape index (κ2) is 8.30. The highest BCUT2D eigenvalue weighted by Crippen LogP contribution is 2.36. The SMILES string of the molecule is O=C(Nc1ccc(Oc2ccncc2)cc1)Nc1ccc(Br)c(C(F)(F)F)c1. The molecule has 0 atom stereocenters. The molecule has 144 valence electrons. The molecule has 9 heteroatoms. The van der Waals surface area contributed by atoms with Crippen LogP contribution in [0.15, 0.2) is 71.5 Å². The van der Waals surface area contributed by atoms with Crippen molar-refractivity contribution in [2.75, 3.05) is 10.6 Å². The molecule has 2 N–H and O–H groups in total. The first-order valence-corrected chi connectivity index (χ1v) is 8.73. The number of anilines is 2. The zero-order chi connectivity index (χ0) is 20.1. The third kappa shape index (κ3) is 5.23. The Kier molecular flexibility index (Phi) is 5.84. The molecule has 0 aliphatic rings. The van der Waals surface area contributed by atoms with Crippen molar-refractivity contribution >= 4 is 33.3 Å². The second-order valence-corrected chi connectivity index (χ2v) is 6.44. The minimum atomic E-state index is -4.53. The summed E-state index contributed by atoms with van der Waals surface area (Å²) in [6.45, 7) is 0. The molecule has 0 unspecified atom stereocenters. The summed E-state index contributed by atoms with van der Waals surface area (Å²) in [6.07, 6.45) is -1.33. The standard InChI is InChI=1S/C19H13BrF3N3O2/c20-17-6-3-13(11-16(17)19(21,22)23)26-18(27)25-12-1-4-14(5-2-12)28-15-7-9-24-10-8-15/h1-11H,(H2,25,26,27). The molecule has 0 saturated heterocycles. The Labute approximate surface area is 166 Å². The maximum absolute atomic E-state index is 12.9. The van der Waals surface area contributed by atoms with Gasteiger partial charge in [-0.05, 0) is 54.6 Å². The van der Waals surface area contributed by atoms with E-state index in [-0.39, 0.29) is 10.2 Å². The first-order chi connectivity index (χ1) is 13.3. The zero-order valence-electron chi connectivity index (χ0n) is 14.1. The fraction of sp³-hybridized carbons (Fsp3) is 0.0526. The van der Waals surface area contributed by atoms with Gasteiger partial charge in [-0.25, -0.2) is 4.79 Å². The molecular formula is C19H13BrF3N3O2. The van der Waals surface area contributed by atoms with E-state index in [1.54, 1.807) is 48.8 Å². The lowest BCUT2D eigenvalue weighted by atomic mass is 10.2. The highest BCUT2D eigenvalue weighted by atomic mass is 79.9. The van der Waals surface area contributed by atoms with E-state index in [9.17, 15) is 18.0 Å². The quantitative estimate of drug-likeness (QED) is 0.489. The Morgan fingerprint density at radius 1 is 0.893 bits per heavy atom. The first kappa shape index (κ1) is 19.7. The molecule has 0 saturated carbocycles. The number of carbonyl (C=O) groups excluding carboxylic acids is 1. The van der Waals surface area contributed by atoms with Gasteiger partial charge in [0.1, 0.15) is 11.5 Å². The number of carbonyl (C=O) groups is 1. The molecule has 3 aromatic rings. The number of ether oxygens (including phenoxy) is 1. The summed E-state index contributed by atoms with van der Waals surface area (Å²) in [5, 5.41) is 4.92. The van der Waals surface area contributed by atoms with E-state index in [1.807, 2.05) is 0 Å². The molecule has 1 heterocycles. The van der Waals surface area contributed by atoms with Crippen molar-refractivity contribution in [2.45, 2.75) is 6.18 Å². The van der Waals surface area contributed by atoms with Gasteiger partial charge < -0.3 is 15.4 Å². The van der Waals surface area contributed by atoms with Gasteiger partial charge >= 0.3 is 12.2 Å². The van der Waals surface area contributed by atoms with Crippen molar-refractivity contribution in [3.63, 3.8) is 0 Å². The molecule has 0 spiro atoms. The number of halogens is 4. The number of hydrogen-bond donors (Lipinski definition) is 2. The van der Waals surface area contributed by atoms with Gasteiger partial charge in [-0.2, -0.15) is 13.2 Å². The van der Waals surface area contributed by atoms with Crippen molar-refractivity contribution in [1.82, 2.24) is 4.98 Å². The van der Waals surface area contributed by atoms with Crippen molar-refractivity contribution < 1.29 is 22.7 Å². The summed E-state index contributed by atoms with van der Waals surface area (Å²) >= 11 is 2.85. The van der Waals surface area contributed by atoms with Gasteiger partial charge in [-0.3, -0.25) is 4.98 Å². The number of aromatic nitrogens is 1. The molecule has 3 rings (SSSR count). The minimum absolute atomic E-state index is 0.0191. The van der Waals surface area contributed by atoms with Crippen LogP contribution in [-0.4, -0.2) is 11.0 Å². The summed E-state index contributed by atoms with van der Waals surface area (Å²) < 4.78 is 44.3. The summed E-state index contributed by atoms with van der Waals surface area (Å²) in [7, 11) is 0. The molecule has 0 aliphatic heterocycles. The Morgan fingerprint density at radius 2 is 1.46 bits per heavy atom. The Hall–Kier alpha value is -3.07. The number of alkyl halides is 3. The van der Waals surface area contributed by atoms with Crippen LogP contribution in [0.1, 0.15) is 5.56 Å². The van der Waals surface area contributed by atoms with Crippen molar-refractivity contribution in [2.24, 2.45) is 0 Å². The van der Waals surface area contributed by atoms with Crippen LogP contribution >= 0.6 is 15.9 Å². The lowest BCUT2D eigenvalue weighted by Gasteiger charge is -2.13. The highest BCUT2D eigenvalue weighted by Gasteiger charge is 2.33. The van der Waals surface area contributed by atoms with Crippen LogP contribution in [0.3, 0.4) is 0 Å². The van der Waals surface area contributed by atoms with Gasteiger partial charge in [-0.1, -0.05) is 15.9 Å². The van der Waals surface area contributed by atoms with Crippen LogP contribution in [0.5, 0.6) is 11.5 Å². The molecule has 28 heavy (non-hydrogen) atoms. The molecular weight excluding hydrogens is 439 g/mol. The van der Waals surface area contributed by atoms with Gasteiger partial charge in [0, 0.05) is 28.2 Å². The van der Waals surface area contributed by atoms with Crippen molar-refractivity contribution in [3.8, 4) is 11.5 Å². The van der Waals surface area contributed by atoms with Crippen molar-refractivity contribution in [1.29, 1.82) is 0 Å². The van der Waals surface area contributed by atoms with Gasteiger partial charge in [0.2, 0.25) is 0 Å². The number of rotatable bonds is 4. The van der Waals surface area contributed by atoms with Crippen LogP contribution in [-0.2, 0) is 6.18 Å². The summed E-state index contributed by atoms with van der Waals surface area (Å²) in [6, 6.07) is 12.7. The smallest absolute Gasteiger partial charge is 0.417 e. The number of amides is 2. The summed E-state index contributed by atoms with van der Waals surface area (Å²) in [5.74, 6) is 1.17. The number of benzene rings is 2. The number of pyridine rings is 1. The molecule has 0 radical (unpaired) electrons.